The minimum absolute atomic E-state index is 0.0158. The Morgan fingerprint density at radius 1 is 1.14 bits per heavy atom. The first kappa shape index (κ1) is 15.9. The molecule has 2 aromatic rings. The standard InChI is InChI=1S/C13H10Cl2FNO3S/c1-20-12-5-3-9(16)7-13(12)21(18,19)17-11-6-8(14)2-4-10(11)15/h2-7,17H,1H3. The summed E-state index contributed by atoms with van der Waals surface area (Å²) in [5.41, 5.74) is 0.0930. The largest absolute Gasteiger partial charge is 0.495 e. The molecule has 2 rings (SSSR count). The van der Waals surface area contributed by atoms with Crippen molar-refractivity contribution in [3.63, 3.8) is 0 Å². The van der Waals surface area contributed by atoms with E-state index in [9.17, 15) is 12.8 Å². The Bertz CT molecular complexity index is 781. The van der Waals surface area contributed by atoms with Gasteiger partial charge in [0.15, 0.2) is 0 Å². The maximum Gasteiger partial charge on any atom is 0.265 e. The van der Waals surface area contributed by atoms with Crippen LogP contribution in [0.3, 0.4) is 0 Å². The average Bonchev–Trinajstić information content (AvgIpc) is 2.42. The molecule has 0 saturated carbocycles. The van der Waals surface area contributed by atoms with E-state index in [0.717, 1.165) is 12.1 Å². The van der Waals surface area contributed by atoms with Gasteiger partial charge in [-0.2, -0.15) is 0 Å². The SMILES string of the molecule is COc1ccc(F)cc1S(=O)(=O)Nc1cc(Cl)ccc1Cl. The number of methoxy groups -OCH3 is 1. The van der Waals surface area contributed by atoms with E-state index in [2.05, 4.69) is 4.72 Å². The third kappa shape index (κ3) is 3.58. The molecular weight excluding hydrogens is 340 g/mol. The number of nitrogens with one attached hydrogen (secondary N) is 1. The number of hydrogen-bond acceptors (Lipinski definition) is 3. The predicted molar refractivity (Wildman–Crippen MR) is 80.2 cm³/mol. The Morgan fingerprint density at radius 3 is 2.52 bits per heavy atom. The van der Waals surface area contributed by atoms with Gasteiger partial charge in [0.25, 0.3) is 10.0 Å². The van der Waals surface area contributed by atoms with E-state index in [-0.39, 0.29) is 21.4 Å². The molecule has 4 nitrogen and oxygen atoms in total. The van der Waals surface area contributed by atoms with Crippen molar-refractivity contribution in [2.24, 2.45) is 0 Å². The predicted octanol–water partition coefficient (Wildman–Crippen LogP) is 3.94. The molecule has 0 aliphatic heterocycles. The molecule has 0 unspecified atom stereocenters. The van der Waals surface area contributed by atoms with Crippen LogP contribution in [0.5, 0.6) is 5.75 Å². The van der Waals surface area contributed by atoms with E-state index < -0.39 is 15.8 Å². The minimum atomic E-state index is -4.08. The van der Waals surface area contributed by atoms with E-state index >= 15 is 0 Å². The van der Waals surface area contributed by atoms with Gasteiger partial charge < -0.3 is 4.74 Å². The first-order chi connectivity index (χ1) is 9.83. The second-order valence-electron chi connectivity index (χ2n) is 4.02. The van der Waals surface area contributed by atoms with Gasteiger partial charge in [0.05, 0.1) is 17.8 Å². The summed E-state index contributed by atoms with van der Waals surface area (Å²) in [6, 6.07) is 7.51. The molecule has 0 amide bonds. The highest BCUT2D eigenvalue weighted by molar-refractivity contribution is 7.92. The number of ether oxygens (including phenoxy) is 1. The molecule has 0 heterocycles. The Hall–Kier alpha value is -1.50. The quantitative estimate of drug-likeness (QED) is 0.909. The lowest BCUT2D eigenvalue weighted by Crippen LogP contribution is -2.14. The molecule has 0 aromatic heterocycles. The summed E-state index contributed by atoms with van der Waals surface area (Å²) in [5, 5.41) is 0.474. The van der Waals surface area contributed by atoms with Crippen molar-refractivity contribution < 1.29 is 17.5 Å². The van der Waals surface area contributed by atoms with Crippen LogP contribution < -0.4 is 9.46 Å². The highest BCUT2D eigenvalue weighted by Gasteiger charge is 2.21. The van der Waals surface area contributed by atoms with Gasteiger partial charge in [-0.3, -0.25) is 4.72 Å². The van der Waals surface area contributed by atoms with Crippen LogP contribution in [0.2, 0.25) is 10.0 Å². The van der Waals surface area contributed by atoms with Gasteiger partial charge in [-0.25, -0.2) is 12.8 Å². The molecule has 0 radical (unpaired) electrons. The van der Waals surface area contributed by atoms with Gasteiger partial charge >= 0.3 is 0 Å². The number of halogens is 3. The van der Waals surface area contributed by atoms with Crippen LogP contribution in [0.4, 0.5) is 10.1 Å². The summed E-state index contributed by atoms with van der Waals surface area (Å²) < 4.78 is 45.2. The van der Waals surface area contributed by atoms with Crippen molar-refractivity contribution in [3.05, 3.63) is 52.3 Å². The van der Waals surface area contributed by atoms with Gasteiger partial charge in [-0.15, -0.1) is 0 Å². The molecule has 0 bridgehead atoms. The Kier molecular flexibility index (Phi) is 4.61. The zero-order valence-corrected chi connectivity index (χ0v) is 13.1. The molecule has 2 aromatic carbocycles. The van der Waals surface area contributed by atoms with Crippen molar-refractivity contribution in [1.82, 2.24) is 0 Å². The zero-order chi connectivity index (χ0) is 15.6. The summed E-state index contributed by atoms with van der Waals surface area (Å²) in [4.78, 5) is -0.332. The molecule has 0 aliphatic carbocycles. The third-order valence-electron chi connectivity index (χ3n) is 2.59. The molecule has 0 spiro atoms. The second kappa shape index (κ2) is 6.09. The molecule has 0 fully saturated rings. The number of anilines is 1. The van der Waals surface area contributed by atoms with Crippen molar-refractivity contribution in [1.29, 1.82) is 0 Å². The monoisotopic (exact) mass is 349 g/mol. The van der Waals surface area contributed by atoms with Crippen molar-refractivity contribution in [3.8, 4) is 5.75 Å². The summed E-state index contributed by atoms with van der Waals surface area (Å²) in [6.45, 7) is 0. The average molecular weight is 350 g/mol. The van der Waals surface area contributed by atoms with Crippen LogP contribution in [0.15, 0.2) is 41.3 Å². The molecule has 21 heavy (non-hydrogen) atoms. The van der Waals surface area contributed by atoms with E-state index in [1.165, 1.54) is 31.4 Å². The number of benzene rings is 2. The highest BCUT2D eigenvalue weighted by atomic mass is 35.5. The molecule has 112 valence electrons. The van der Waals surface area contributed by atoms with E-state index in [1.807, 2.05) is 0 Å². The molecule has 0 atom stereocenters. The van der Waals surface area contributed by atoms with Crippen LogP contribution in [0.1, 0.15) is 0 Å². The summed E-state index contributed by atoms with van der Waals surface area (Å²) in [6.07, 6.45) is 0. The molecular formula is C13H10Cl2FNO3S. The van der Waals surface area contributed by atoms with Gasteiger partial charge in [0.2, 0.25) is 0 Å². The van der Waals surface area contributed by atoms with Gasteiger partial charge in [-0.05, 0) is 36.4 Å². The first-order valence-electron chi connectivity index (χ1n) is 5.65. The van der Waals surface area contributed by atoms with E-state index in [1.54, 1.807) is 0 Å². The van der Waals surface area contributed by atoms with E-state index in [0.29, 0.717) is 5.02 Å². The van der Waals surface area contributed by atoms with Crippen LogP contribution in [0.25, 0.3) is 0 Å². The second-order valence-corrected chi connectivity index (χ2v) is 6.52. The maximum atomic E-state index is 13.3. The highest BCUT2D eigenvalue weighted by Crippen LogP contribution is 2.30. The smallest absolute Gasteiger partial charge is 0.265 e. The summed E-state index contributed by atoms with van der Waals surface area (Å²) in [7, 11) is -2.79. The van der Waals surface area contributed by atoms with Crippen molar-refractivity contribution in [2.75, 3.05) is 11.8 Å². The van der Waals surface area contributed by atoms with E-state index in [4.69, 9.17) is 27.9 Å². The fraction of sp³-hybridized carbons (Fsp3) is 0.0769. The fourth-order valence-corrected chi connectivity index (χ4v) is 3.28. The van der Waals surface area contributed by atoms with Crippen LogP contribution in [0, 0.1) is 5.82 Å². The Labute approximate surface area is 131 Å². The lowest BCUT2D eigenvalue weighted by molar-refractivity contribution is 0.401. The molecule has 8 heteroatoms. The summed E-state index contributed by atoms with van der Waals surface area (Å²) in [5.74, 6) is -0.685. The maximum absolute atomic E-state index is 13.3. The molecule has 0 aliphatic rings. The fourth-order valence-electron chi connectivity index (χ4n) is 1.64. The first-order valence-corrected chi connectivity index (χ1v) is 7.89. The normalized spacial score (nSPS) is 11.2. The number of rotatable bonds is 4. The lowest BCUT2D eigenvalue weighted by Gasteiger charge is -2.12. The Morgan fingerprint density at radius 2 is 1.86 bits per heavy atom. The van der Waals surface area contributed by atoms with Crippen LogP contribution in [-0.2, 0) is 10.0 Å². The van der Waals surface area contributed by atoms with Gasteiger partial charge in [0.1, 0.15) is 16.5 Å². The number of sulfonamides is 1. The molecule has 0 saturated heterocycles. The van der Waals surface area contributed by atoms with Crippen LogP contribution >= 0.6 is 23.2 Å². The Balaban J connectivity index is 2.48. The van der Waals surface area contributed by atoms with Crippen molar-refractivity contribution >= 4 is 38.9 Å². The van der Waals surface area contributed by atoms with Gasteiger partial charge in [0, 0.05) is 5.02 Å². The summed E-state index contributed by atoms with van der Waals surface area (Å²) >= 11 is 11.7. The lowest BCUT2D eigenvalue weighted by atomic mass is 10.3. The topological polar surface area (TPSA) is 55.4 Å². The van der Waals surface area contributed by atoms with Gasteiger partial charge in [-0.1, -0.05) is 23.2 Å². The number of hydrogen-bond donors (Lipinski definition) is 1. The van der Waals surface area contributed by atoms with Crippen LogP contribution in [-0.4, -0.2) is 15.5 Å². The minimum Gasteiger partial charge on any atom is -0.495 e. The van der Waals surface area contributed by atoms with Crippen molar-refractivity contribution in [2.45, 2.75) is 4.90 Å². The zero-order valence-electron chi connectivity index (χ0n) is 10.7. The third-order valence-corrected chi connectivity index (χ3v) is 4.54. The molecule has 1 N–H and O–H groups in total.